The van der Waals surface area contributed by atoms with Crippen molar-refractivity contribution in [3.8, 4) is 5.75 Å². The van der Waals surface area contributed by atoms with E-state index in [2.05, 4.69) is 17.0 Å². The maximum Gasteiger partial charge on any atom is 0.303 e. The van der Waals surface area contributed by atoms with Crippen LogP contribution in [0.2, 0.25) is 0 Å². The molecule has 114 valence electrons. The topological polar surface area (TPSA) is 92.7 Å². The number of anilines is 1. The van der Waals surface area contributed by atoms with Crippen LogP contribution in [0.3, 0.4) is 0 Å². The monoisotopic (exact) mass is 285 g/mol. The van der Waals surface area contributed by atoms with E-state index in [0.29, 0.717) is 6.42 Å². The lowest BCUT2D eigenvalue weighted by atomic mass is 10.1. The van der Waals surface area contributed by atoms with Crippen LogP contribution in [0, 0.1) is 0 Å². The molecule has 6 heteroatoms. The van der Waals surface area contributed by atoms with Crippen molar-refractivity contribution in [2.24, 2.45) is 0 Å². The minimum absolute atomic E-state index is 0.132. The van der Waals surface area contributed by atoms with Crippen LogP contribution in [-0.2, 0) is 4.79 Å². The lowest BCUT2D eigenvalue weighted by Crippen LogP contribution is -2.34. The Balaban J connectivity index is 0.000000361. The highest BCUT2D eigenvalue weighted by Crippen LogP contribution is 2.14. The van der Waals surface area contributed by atoms with Gasteiger partial charge in [0.05, 0.1) is 7.11 Å². The lowest BCUT2D eigenvalue weighted by Gasteiger charge is -2.06. The number of carboxylic acid groups (broad SMARTS) is 1. The largest absolute Gasteiger partial charge is 0.491 e. The van der Waals surface area contributed by atoms with E-state index in [4.69, 9.17) is 5.11 Å². The van der Waals surface area contributed by atoms with E-state index in [1.54, 1.807) is 7.05 Å². The van der Waals surface area contributed by atoms with Crippen LogP contribution in [0.5, 0.6) is 5.75 Å². The molecule has 0 aliphatic carbocycles. The van der Waals surface area contributed by atoms with E-state index in [-0.39, 0.29) is 11.4 Å². The first-order valence-electron chi connectivity index (χ1n) is 6.76. The van der Waals surface area contributed by atoms with Crippen LogP contribution >= 0.6 is 0 Å². The highest BCUT2D eigenvalue weighted by atomic mass is 16.5. The fourth-order valence-corrected chi connectivity index (χ4v) is 1.67. The van der Waals surface area contributed by atoms with E-state index < -0.39 is 16.8 Å². The average molecular weight is 285 g/mol. The van der Waals surface area contributed by atoms with Crippen molar-refractivity contribution in [1.82, 2.24) is 0 Å². The van der Waals surface area contributed by atoms with E-state index in [1.165, 1.54) is 26.4 Å². The third kappa shape index (κ3) is 5.86. The van der Waals surface area contributed by atoms with Gasteiger partial charge in [-0.2, -0.15) is 0 Å². The number of carbonyl (C=O) groups is 1. The standard InChI is InChI=1S/C8H16O2.C6H7NO3/c1-2-3-4-5-6-7-8(9)10;1-7-3-4(8)5(9)6(3)10-2/h2-7H2,1H3,(H,9,10);7H,1-2H3. The Labute approximate surface area is 118 Å². The second-order valence-electron chi connectivity index (χ2n) is 4.37. The van der Waals surface area contributed by atoms with Crippen molar-refractivity contribution in [3.63, 3.8) is 0 Å². The van der Waals surface area contributed by atoms with Gasteiger partial charge in [0.25, 0.3) is 10.9 Å². The molecule has 0 radical (unpaired) electrons. The molecule has 6 nitrogen and oxygen atoms in total. The summed E-state index contributed by atoms with van der Waals surface area (Å²) in [6.07, 6.45) is 5.88. The predicted molar refractivity (Wildman–Crippen MR) is 78.5 cm³/mol. The Morgan fingerprint density at radius 2 is 1.75 bits per heavy atom. The van der Waals surface area contributed by atoms with Gasteiger partial charge in [-0.3, -0.25) is 14.4 Å². The van der Waals surface area contributed by atoms with Gasteiger partial charge in [0.1, 0.15) is 5.69 Å². The van der Waals surface area contributed by atoms with Crippen molar-refractivity contribution < 1.29 is 14.6 Å². The van der Waals surface area contributed by atoms with Gasteiger partial charge in [-0.1, -0.05) is 32.6 Å². The molecule has 1 aromatic carbocycles. The maximum atomic E-state index is 10.6. The Kier molecular flexibility index (Phi) is 9.07. The van der Waals surface area contributed by atoms with Gasteiger partial charge < -0.3 is 15.2 Å². The van der Waals surface area contributed by atoms with Crippen molar-refractivity contribution >= 4 is 11.7 Å². The predicted octanol–water partition coefficient (Wildman–Crippen LogP) is 1.76. The van der Waals surface area contributed by atoms with Crippen molar-refractivity contribution in [1.29, 1.82) is 0 Å². The van der Waals surface area contributed by atoms with E-state index in [0.717, 1.165) is 12.8 Å². The molecule has 0 aliphatic heterocycles. The van der Waals surface area contributed by atoms with Gasteiger partial charge in [0.2, 0.25) is 0 Å². The first-order valence-corrected chi connectivity index (χ1v) is 6.76. The minimum atomic E-state index is -0.670. The second-order valence-corrected chi connectivity index (χ2v) is 4.37. The number of ether oxygens (including phenoxy) is 1. The molecule has 0 atom stereocenters. The number of aliphatic carboxylic acids is 1. The van der Waals surface area contributed by atoms with Crippen LogP contribution in [0.25, 0.3) is 0 Å². The molecule has 0 aromatic heterocycles. The van der Waals surface area contributed by atoms with Gasteiger partial charge in [0.15, 0.2) is 5.75 Å². The van der Waals surface area contributed by atoms with Gasteiger partial charge in [-0.25, -0.2) is 0 Å². The number of hydrogen-bond donors (Lipinski definition) is 2. The summed E-state index contributed by atoms with van der Waals surface area (Å²) in [7, 11) is 2.93. The summed E-state index contributed by atoms with van der Waals surface area (Å²) in [6, 6.07) is 0. The highest BCUT2D eigenvalue weighted by Gasteiger charge is 2.19. The Morgan fingerprint density at radius 1 is 1.15 bits per heavy atom. The molecule has 1 aromatic rings. The zero-order chi connectivity index (χ0) is 15.5. The van der Waals surface area contributed by atoms with Gasteiger partial charge >= 0.3 is 5.97 Å². The molecular formula is C14H23NO5. The molecular weight excluding hydrogens is 262 g/mol. The molecule has 0 aliphatic rings. The molecule has 0 saturated carbocycles. The molecule has 0 spiro atoms. The second kappa shape index (κ2) is 10.00. The molecule has 0 unspecified atom stereocenters. The van der Waals surface area contributed by atoms with Crippen molar-refractivity contribution in [2.75, 3.05) is 19.5 Å². The smallest absolute Gasteiger partial charge is 0.303 e. The third-order valence-electron chi connectivity index (χ3n) is 2.81. The van der Waals surface area contributed by atoms with Crippen LogP contribution in [-0.4, -0.2) is 25.2 Å². The summed E-state index contributed by atoms with van der Waals surface area (Å²) in [5.74, 6) is -0.538. The summed E-state index contributed by atoms with van der Waals surface area (Å²) in [5, 5.41) is 10.8. The molecule has 0 bridgehead atoms. The summed E-state index contributed by atoms with van der Waals surface area (Å²) in [5.41, 5.74) is -0.779. The Hall–Kier alpha value is -1.85. The maximum absolute atomic E-state index is 10.6. The normalized spacial score (nSPS) is 9.75. The van der Waals surface area contributed by atoms with Crippen LogP contribution < -0.4 is 20.9 Å². The first-order chi connectivity index (χ1) is 9.49. The SMILES string of the molecule is CCCCCCCC(=O)O.CNc1c(OC)c(=O)c1=O. The summed E-state index contributed by atoms with van der Waals surface area (Å²) >= 11 is 0. The fourth-order valence-electron chi connectivity index (χ4n) is 1.67. The van der Waals surface area contributed by atoms with Crippen LogP contribution in [0.15, 0.2) is 9.59 Å². The number of rotatable bonds is 8. The molecule has 20 heavy (non-hydrogen) atoms. The lowest BCUT2D eigenvalue weighted by molar-refractivity contribution is -0.137. The number of methoxy groups -OCH3 is 1. The Morgan fingerprint density at radius 3 is 2.15 bits per heavy atom. The zero-order valence-electron chi connectivity index (χ0n) is 12.3. The Bertz CT molecular complexity index is 442. The van der Waals surface area contributed by atoms with E-state index in [1.807, 2.05) is 0 Å². The van der Waals surface area contributed by atoms with Gasteiger partial charge in [-0.15, -0.1) is 0 Å². The highest BCUT2D eigenvalue weighted by molar-refractivity contribution is 5.66. The summed E-state index contributed by atoms with van der Waals surface area (Å²) in [4.78, 5) is 31.2. The first kappa shape index (κ1) is 18.1. The zero-order valence-corrected chi connectivity index (χ0v) is 12.3. The number of unbranched alkanes of at least 4 members (excludes halogenated alkanes) is 4. The van der Waals surface area contributed by atoms with Crippen LogP contribution in [0.4, 0.5) is 5.69 Å². The summed E-state index contributed by atoms with van der Waals surface area (Å²) < 4.78 is 4.62. The third-order valence-corrected chi connectivity index (χ3v) is 2.81. The molecule has 0 heterocycles. The molecule has 2 N–H and O–H groups in total. The fraction of sp³-hybridized carbons (Fsp3) is 0.643. The van der Waals surface area contributed by atoms with Crippen LogP contribution in [0.1, 0.15) is 45.4 Å². The number of nitrogens with one attached hydrogen (secondary N) is 1. The quantitative estimate of drug-likeness (QED) is 0.558. The van der Waals surface area contributed by atoms with Crippen molar-refractivity contribution in [3.05, 3.63) is 20.4 Å². The number of hydrogen-bond acceptors (Lipinski definition) is 5. The van der Waals surface area contributed by atoms with E-state index >= 15 is 0 Å². The van der Waals surface area contributed by atoms with Gasteiger partial charge in [-0.05, 0) is 6.42 Å². The van der Waals surface area contributed by atoms with E-state index in [9.17, 15) is 14.4 Å². The number of carboxylic acids is 1. The molecule has 0 fully saturated rings. The molecule has 1 rings (SSSR count). The minimum Gasteiger partial charge on any atom is -0.491 e. The van der Waals surface area contributed by atoms with Gasteiger partial charge in [0, 0.05) is 13.5 Å². The molecule has 0 amide bonds. The van der Waals surface area contributed by atoms with Crippen molar-refractivity contribution in [2.45, 2.75) is 45.4 Å². The molecule has 0 saturated heterocycles. The summed E-state index contributed by atoms with van der Waals surface area (Å²) in [6.45, 7) is 2.15. The average Bonchev–Trinajstić information content (AvgIpc) is 2.43.